The number of halogens is 3. The Labute approximate surface area is 115 Å². The topological polar surface area (TPSA) is 17.1 Å². The number of ketones is 1. The van der Waals surface area contributed by atoms with Gasteiger partial charge in [-0.3, -0.25) is 4.79 Å². The quantitative estimate of drug-likeness (QED) is 0.702. The van der Waals surface area contributed by atoms with Crippen LogP contribution in [0.4, 0.5) is 0 Å². The van der Waals surface area contributed by atoms with Crippen molar-refractivity contribution in [1.29, 1.82) is 0 Å². The fraction of sp³-hybridized carbons (Fsp3) is 0. The van der Waals surface area contributed by atoms with E-state index in [1.807, 2.05) is 6.07 Å². The van der Waals surface area contributed by atoms with Gasteiger partial charge in [0.1, 0.15) is 4.34 Å². The van der Waals surface area contributed by atoms with E-state index in [2.05, 4.69) is 15.9 Å². The summed E-state index contributed by atoms with van der Waals surface area (Å²) in [7, 11) is 0. The molecule has 0 unspecified atom stereocenters. The van der Waals surface area contributed by atoms with Crippen molar-refractivity contribution in [3.05, 3.63) is 54.6 Å². The number of thiophene rings is 1. The Hall–Kier alpha value is -0.350. The summed E-state index contributed by atoms with van der Waals surface area (Å²) in [6.07, 6.45) is 0. The van der Waals surface area contributed by atoms with Crippen molar-refractivity contribution in [3.8, 4) is 0 Å². The molecule has 0 radical (unpaired) electrons. The van der Waals surface area contributed by atoms with E-state index in [1.54, 1.807) is 24.3 Å². The maximum absolute atomic E-state index is 12.1. The van der Waals surface area contributed by atoms with Crippen LogP contribution < -0.4 is 0 Å². The summed E-state index contributed by atoms with van der Waals surface area (Å²) >= 11 is 16.2. The molecule has 0 spiro atoms. The Balaban J connectivity index is 2.43. The summed E-state index contributed by atoms with van der Waals surface area (Å²) in [6.45, 7) is 0. The average molecular weight is 336 g/mol. The normalized spacial score (nSPS) is 10.4. The van der Waals surface area contributed by atoms with Crippen LogP contribution in [0.15, 0.2) is 34.8 Å². The fourth-order valence-corrected chi connectivity index (χ4v) is 3.14. The molecule has 0 N–H and O–H groups in total. The molecule has 0 amide bonds. The highest BCUT2D eigenvalue weighted by molar-refractivity contribution is 9.10. The number of benzene rings is 1. The van der Waals surface area contributed by atoms with Crippen LogP contribution in [0, 0.1) is 0 Å². The molecule has 0 aliphatic carbocycles. The minimum atomic E-state index is -0.116. The van der Waals surface area contributed by atoms with E-state index in [0.717, 1.165) is 4.47 Å². The molecule has 0 saturated carbocycles. The van der Waals surface area contributed by atoms with Crippen LogP contribution in [0.2, 0.25) is 8.67 Å². The van der Waals surface area contributed by atoms with Gasteiger partial charge >= 0.3 is 0 Å². The molecule has 1 heterocycles. The van der Waals surface area contributed by atoms with Gasteiger partial charge in [0.2, 0.25) is 0 Å². The van der Waals surface area contributed by atoms with E-state index in [0.29, 0.717) is 19.8 Å². The molecule has 1 aromatic carbocycles. The van der Waals surface area contributed by atoms with Gasteiger partial charge in [-0.1, -0.05) is 51.3 Å². The molecule has 0 aliphatic rings. The number of hydrogen-bond donors (Lipinski definition) is 0. The second-order valence-corrected chi connectivity index (χ2v) is 6.28. The smallest absolute Gasteiger partial charge is 0.195 e. The van der Waals surface area contributed by atoms with Crippen LogP contribution in [0.5, 0.6) is 0 Å². The van der Waals surface area contributed by atoms with Crippen LogP contribution in [0.25, 0.3) is 0 Å². The molecule has 2 rings (SSSR count). The molecule has 0 aliphatic heterocycles. The molecule has 5 heteroatoms. The van der Waals surface area contributed by atoms with Gasteiger partial charge in [-0.2, -0.15) is 0 Å². The van der Waals surface area contributed by atoms with Crippen LogP contribution in [0.1, 0.15) is 15.9 Å². The zero-order chi connectivity index (χ0) is 11.7. The highest BCUT2D eigenvalue weighted by Crippen LogP contribution is 2.32. The summed E-state index contributed by atoms with van der Waals surface area (Å²) in [6, 6.07) is 8.76. The van der Waals surface area contributed by atoms with E-state index >= 15 is 0 Å². The van der Waals surface area contributed by atoms with Crippen molar-refractivity contribution >= 4 is 56.3 Å². The van der Waals surface area contributed by atoms with Crippen molar-refractivity contribution < 1.29 is 4.79 Å². The van der Waals surface area contributed by atoms with Crippen LogP contribution in [-0.2, 0) is 0 Å². The van der Waals surface area contributed by atoms with Crippen LogP contribution >= 0.6 is 50.5 Å². The molecular formula is C11H5BrCl2OS. The number of carbonyl (C=O) groups is 1. The van der Waals surface area contributed by atoms with Crippen molar-refractivity contribution in [3.63, 3.8) is 0 Å². The fourth-order valence-electron chi connectivity index (χ4n) is 1.28. The summed E-state index contributed by atoms with van der Waals surface area (Å²) in [5.41, 5.74) is 1.04. The lowest BCUT2D eigenvalue weighted by Gasteiger charge is -1.99. The predicted octanol–water partition coefficient (Wildman–Crippen LogP) is 5.05. The molecule has 0 bridgehead atoms. The first kappa shape index (κ1) is 12.1. The van der Waals surface area contributed by atoms with Crippen molar-refractivity contribution in [2.24, 2.45) is 0 Å². The predicted molar refractivity (Wildman–Crippen MR) is 71.9 cm³/mol. The summed E-state index contributed by atoms with van der Waals surface area (Å²) in [4.78, 5) is 12.1. The number of rotatable bonds is 2. The molecule has 82 valence electrons. The Morgan fingerprint density at radius 1 is 1.25 bits per heavy atom. The molecule has 0 saturated heterocycles. The van der Waals surface area contributed by atoms with Crippen LogP contribution in [0.3, 0.4) is 0 Å². The highest BCUT2D eigenvalue weighted by atomic mass is 79.9. The standard InChI is InChI=1S/C11H5BrCl2OS/c12-7-3-1-2-6(4-7)10(15)8-5-9(13)16-11(8)14/h1-5H. The molecule has 1 aromatic heterocycles. The first-order chi connectivity index (χ1) is 7.58. The van der Waals surface area contributed by atoms with E-state index in [-0.39, 0.29) is 5.78 Å². The zero-order valence-corrected chi connectivity index (χ0v) is 11.8. The SMILES string of the molecule is O=C(c1cccc(Br)c1)c1cc(Cl)sc1Cl. The largest absolute Gasteiger partial charge is 0.289 e. The molecule has 1 nitrogen and oxygen atoms in total. The molecule has 2 aromatic rings. The second kappa shape index (κ2) is 4.88. The van der Waals surface area contributed by atoms with Gasteiger partial charge in [-0.05, 0) is 18.2 Å². The number of carbonyl (C=O) groups excluding carboxylic acids is 1. The van der Waals surface area contributed by atoms with E-state index in [9.17, 15) is 4.79 Å². The van der Waals surface area contributed by atoms with E-state index in [4.69, 9.17) is 23.2 Å². The van der Waals surface area contributed by atoms with Crippen molar-refractivity contribution in [1.82, 2.24) is 0 Å². The van der Waals surface area contributed by atoms with Gasteiger partial charge in [0, 0.05) is 10.0 Å². The first-order valence-electron chi connectivity index (χ1n) is 4.33. The van der Waals surface area contributed by atoms with Gasteiger partial charge in [-0.25, -0.2) is 0 Å². The Morgan fingerprint density at radius 3 is 2.56 bits per heavy atom. The van der Waals surface area contributed by atoms with Gasteiger partial charge in [0.05, 0.1) is 9.90 Å². The minimum Gasteiger partial charge on any atom is -0.289 e. The average Bonchev–Trinajstić information content (AvgIpc) is 2.57. The van der Waals surface area contributed by atoms with Crippen LogP contribution in [-0.4, -0.2) is 5.78 Å². The molecular weight excluding hydrogens is 331 g/mol. The van der Waals surface area contributed by atoms with Crippen molar-refractivity contribution in [2.45, 2.75) is 0 Å². The monoisotopic (exact) mass is 334 g/mol. The summed E-state index contributed by atoms with van der Waals surface area (Å²) < 4.78 is 1.80. The Morgan fingerprint density at radius 2 is 2.00 bits per heavy atom. The zero-order valence-electron chi connectivity index (χ0n) is 7.84. The third-order valence-electron chi connectivity index (χ3n) is 1.99. The lowest BCUT2D eigenvalue weighted by Crippen LogP contribution is -1.99. The lowest BCUT2D eigenvalue weighted by molar-refractivity contribution is 0.103. The van der Waals surface area contributed by atoms with E-state index < -0.39 is 0 Å². The lowest BCUT2D eigenvalue weighted by atomic mass is 10.1. The molecule has 0 atom stereocenters. The van der Waals surface area contributed by atoms with Crippen molar-refractivity contribution in [2.75, 3.05) is 0 Å². The molecule has 0 fully saturated rings. The maximum atomic E-state index is 12.1. The third-order valence-corrected chi connectivity index (χ3v) is 3.97. The Kier molecular flexibility index (Phi) is 3.70. The van der Waals surface area contributed by atoms with Gasteiger partial charge in [-0.15, -0.1) is 11.3 Å². The second-order valence-electron chi connectivity index (χ2n) is 3.08. The van der Waals surface area contributed by atoms with E-state index in [1.165, 1.54) is 11.3 Å². The van der Waals surface area contributed by atoms with Gasteiger partial charge in [0.25, 0.3) is 0 Å². The maximum Gasteiger partial charge on any atom is 0.195 e. The molecule has 16 heavy (non-hydrogen) atoms. The first-order valence-corrected chi connectivity index (χ1v) is 6.69. The number of hydrogen-bond acceptors (Lipinski definition) is 2. The van der Waals surface area contributed by atoms with Gasteiger partial charge in [0.15, 0.2) is 5.78 Å². The summed E-state index contributed by atoms with van der Waals surface area (Å²) in [5.74, 6) is -0.116. The highest BCUT2D eigenvalue weighted by Gasteiger charge is 2.16. The third kappa shape index (κ3) is 2.48. The van der Waals surface area contributed by atoms with Gasteiger partial charge < -0.3 is 0 Å². The minimum absolute atomic E-state index is 0.116. The summed E-state index contributed by atoms with van der Waals surface area (Å²) in [5, 5.41) is 0. The Bertz CT molecular complexity index is 551.